The zero-order chi connectivity index (χ0) is 27.3. The molecule has 0 spiro atoms. The van der Waals surface area contributed by atoms with Crippen LogP contribution in [0.25, 0.3) is 0 Å². The monoisotopic (exact) mass is 505 g/mol. The SMILES string of the molecule is CCC(C)C(NC(=O)C(N)C(C)C)C(=O)NC(Cc1ccccc1)C(=O)NC(CCCCN)C(=O)O. The predicted octanol–water partition coefficient (Wildman–Crippen LogP) is 0.927. The molecule has 10 nitrogen and oxygen atoms in total. The normalized spacial score (nSPS) is 15.3. The number of amides is 3. The van der Waals surface area contributed by atoms with Crippen LogP contribution in [0, 0.1) is 11.8 Å². The number of benzene rings is 1. The summed E-state index contributed by atoms with van der Waals surface area (Å²) in [5.74, 6) is -3.08. The van der Waals surface area contributed by atoms with Gasteiger partial charge in [0.1, 0.15) is 18.1 Å². The number of hydrogen-bond acceptors (Lipinski definition) is 6. The fourth-order valence-corrected chi connectivity index (χ4v) is 3.60. The Bertz CT molecular complexity index is 848. The third-order valence-electron chi connectivity index (χ3n) is 6.29. The molecule has 0 aliphatic rings. The number of carboxylic acid groups (broad SMARTS) is 1. The Hall–Kier alpha value is -2.98. The van der Waals surface area contributed by atoms with Gasteiger partial charge in [-0.05, 0) is 43.2 Å². The molecule has 0 aliphatic carbocycles. The summed E-state index contributed by atoms with van der Waals surface area (Å²) in [6.07, 6.45) is 2.16. The van der Waals surface area contributed by atoms with Crippen LogP contribution in [0.5, 0.6) is 0 Å². The Morgan fingerprint density at radius 3 is 2.03 bits per heavy atom. The second-order valence-electron chi connectivity index (χ2n) is 9.58. The first-order valence-corrected chi connectivity index (χ1v) is 12.6. The van der Waals surface area contributed by atoms with Crippen LogP contribution < -0.4 is 27.4 Å². The van der Waals surface area contributed by atoms with Crippen molar-refractivity contribution in [2.24, 2.45) is 23.3 Å². The maximum absolute atomic E-state index is 13.3. The number of unbranched alkanes of at least 4 members (excludes halogenated alkanes) is 1. The lowest BCUT2D eigenvalue weighted by Crippen LogP contribution is -2.59. The highest BCUT2D eigenvalue weighted by atomic mass is 16.4. The average Bonchev–Trinajstić information content (AvgIpc) is 2.85. The second-order valence-corrected chi connectivity index (χ2v) is 9.58. The van der Waals surface area contributed by atoms with Gasteiger partial charge in [-0.25, -0.2) is 4.79 Å². The number of carbonyl (C=O) groups is 4. The molecule has 5 atom stereocenters. The quantitative estimate of drug-likeness (QED) is 0.181. The molecular weight excluding hydrogens is 462 g/mol. The van der Waals surface area contributed by atoms with Gasteiger partial charge >= 0.3 is 5.97 Å². The van der Waals surface area contributed by atoms with Crippen LogP contribution in [-0.4, -0.2) is 59.5 Å². The number of nitrogens with one attached hydrogen (secondary N) is 3. The standard InChI is InChI=1S/C26H43N5O5/c1-5-17(4)22(31-24(33)21(28)16(2)3)25(34)30-20(15-18-11-7-6-8-12-18)23(32)29-19(26(35)36)13-9-10-14-27/h6-8,11-12,16-17,19-22H,5,9-10,13-15,27-28H2,1-4H3,(H,29,32)(H,30,34)(H,31,33)(H,35,36). The molecule has 1 aromatic rings. The molecule has 1 aromatic carbocycles. The number of hydrogen-bond donors (Lipinski definition) is 6. The van der Waals surface area contributed by atoms with Gasteiger partial charge in [-0.1, -0.05) is 64.4 Å². The molecule has 1 rings (SSSR count). The minimum atomic E-state index is -1.16. The van der Waals surface area contributed by atoms with Crippen molar-refractivity contribution in [3.05, 3.63) is 35.9 Å². The van der Waals surface area contributed by atoms with Gasteiger partial charge in [0.05, 0.1) is 6.04 Å². The molecule has 8 N–H and O–H groups in total. The van der Waals surface area contributed by atoms with Gasteiger partial charge in [-0.15, -0.1) is 0 Å². The van der Waals surface area contributed by atoms with Crippen molar-refractivity contribution in [2.45, 2.75) is 84.0 Å². The first kappa shape index (κ1) is 31.1. The minimum absolute atomic E-state index is 0.116. The predicted molar refractivity (Wildman–Crippen MR) is 139 cm³/mol. The Labute approximate surface area is 213 Å². The summed E-state index contributed by atoms with van der Waals surface area (Å²) in [6, 6.07) is 5.27. The lowest BCUT2D eigenvalue weighted by molar-refractivity contribution is -0.142. The van der Waals surface area contributed by atoms with Gasteiger partial charge < -0.3 is 32.5 Å². The van der Waals surface area contributed by atoms with Crippen molar-refractivity contribution < 1.29 is 24.3 Å². The molecule has 10 heteroatoms. The van der Waals surface area contributed by atoms with Crippen molar-refractivity contribution >= 4 is 23.7 Å². The fraction of sp³-hybridized carbons (Fsp3) is 0.615. The summed E-state index contributed by atoms with van der Waals surface area (Å²) in [5, 5.41) is 17.6. The summed E-state index contributed by atoms with van der Waals surface area (Å²) in [4.78, 5) is 50.8. The summed E-state index contributed by atoms with van der Waals surface area (Å²) in [7, 11) is 0. The number of carboxylic acids is 1. The van der Waals surface area contributed by atoms with Crippen LogP contribution in [0.4, 0.5) is 0 Å². The molecule has 3 amide bonds. The number of aliphatic carboxylic acids is 1. The Kier molecular flexibility index (Phi) is 13.7. The van der Waals surface area contributed by atoms with E-state index in [0.717, 1.165) is 5.56 Å². The van der Waals surface area contributed by atoms with Gasteiger partial charge in [-0.2, -0.15) is 0 Å². The Morgan fingerprint density at radius 2 is 1.50 bits per heavy atom. The zero-order valence-corrected chi connectivity index (χ0v) is 21.8. The van der Waals surface area contributed by atoms with E-state index in [4.69, 9.17) is 11.5 Å². The smallest absolute Gasteiger partial charge is 0.326 e. The number of carbonyl (C=O) groups excluding carboxylic acids is 3. The van der Waals surface area contributed by atoms with Gasteiger partial charge in [0.2, 0.25) is 17.7 Å². The molecule has 0 fully saturated rings. The van der Waals surface area contributed by atoms with E-state index >= 15 is 0 Å². The molecule has 0 aromatic heterocycles. The number of rotatable bonds is 16. The van der Waals surface area contributed by atoms with Crippen LogP contribution in [0.3, 0.4) is 0 Å². The van der Waals surface area contributed by atoms with Crippen LogP contribution >= 0.6 is 0 Å². The molecule has 0 aliphatic heterocycles. The van der Waals surface area contributed by atoms with Crippen molar-refractivity contribution in [1.29, 1.82) is 0 Å². The van der Waals surface area contributed by atoms with E-state index in [2.05, 4.69) is 16.0 Å². The molecule has 36 heavy (non-hydrogen) atoms. The first-order chi connectivity index (χ1) is 17.0. The summed E-state index contributed by atoms with van der Waals surface area (Å²) < 4.78 is 0. The van der Waals surface area contributed by atoms with Gasteiger partial charge in [-0.3, -0.25) is 14.4 Å². The third kappa shape index (κ3) is 10.3. The summed E-state index contributed by atoms with van der Waals surface area (Å²) >= 11 is 0. The molecule has 5 unspecified atom stereocenters. The summed E-state index contributed by atoms with van der Waals surface area (Å²) in [5.41, 5.74) is 12.2. The maximum Gasteiger partial charge on any atom is 0.326 e. The molecule has 0 saturated heterocycles. The first-order valence-electron chi connectivity index (χ1n) is 12.6. The highest BCUT2D eigenvalue weighted by molar-refractivity contribution is 5.94. The van der Waals surface area contributed by atoms with Crippen molar-refractivity contribution in [2.75, 3.05) is 6.54 Å². The van der Waals surface area contributed by atoms with E-state index in [0.29, 0.717) is 25.8 Å². The summed E-state index contributed by atoms with van der Waals surface area (Å²) in [6.45, 7) is 7.78. The Morgan fingerprint density at radius 1 is 0.889 bits per heavy atom. The largest absolute Gasteiger partial charge is 0.480 e. The van der Waals surface area contributed by atoms with E-state index in [1.807, 2.05) is 58.0 Å². The highest BCUT2D eigenvalue weighted by Gasteiger charge is 2.32. The van der Waals surface area contributed by atoms with Gasteiger partial charge in [0.15, 0.2) is 0 Å². The fourth-order valence-electron chi connectivity index (χ4n) is 3.60. The molecular formula is C26H43N5O5. The maximum atomic E-state index is 13.3. The molecule has 0 bridgehead atoms. The lowest BCUT2D eigenvalue weighted by Gasteiger charge is -2.28. The van der Waals surface area contributed by atoms with Crippen molar-refractivity contribution in [3.63, 3.8) is 0 Å². The van der Waals surface area contributed by atoms with Gasteiger partial charge in [0, 0.05) is 6.42 Å². The lowest BCUT2D eigenvalue weighted by atomic mass is 9.96. The van der Waals surface area contributed by atoms with E-state index < -0.39 is 47.9 Å². The van der Waals surface area contributed by atoms with E-state index in [1.165, 1.54) is 0 Å². The van der Waals surface area contributed by atoms with E-state index in [9.17, 15) is 24.3 Å². The molecule has 0 saturated carbocycles. The van der Waals surface area contributed by atoms with Crippen LogP contribution in [0.1, 0.15) is 58.9 Å². The highest BCUT2D eigenvalue weighted by Crippen LogP contribution is 2.12. The van der Waals surface area contributed by atoms with E-state index in [-0.39, 0.29) is 24.7 Å². The van der Waals surface area contributed by atoms with Crippen LogP contribution in [0.2, 0.25) is 0 Å². The van der Waals surface area contributed by atoms with Crippen LogP contribution in [0.15, 0.2) is 30.3 Å². The van der Waals surface area contributed by atoms with E-state index in [1.54, 1.807) is 0 Å². The van der Waals surface area contributed by atoms with Crippen molar-refractivity contribution in [1.82, 2.24) is 16.0 Å². The Balaban J connectivity index is 3.12. The average molecular weight is 506 g/mol. The number of nitrogens with two attached hydrogens (primary N) is 2. The third-order valence-corrected chi connectivity index (χ3v) is 6.29. The second kappa shape index (κ2) is 15.9. The molecule has 0 radical (unpaired) electrons. The topological polar surface area (TPSA) is 177 Å². The van der Waals surface area contributed by atoms with Crippen LogP contribution in [-0.2, 0) is 25.6 Å². The molecule has 202 valence electrons. The van der Waals surface area contributed by atoms with Gasteiger partial charge in [0.25, 0.3) is 0 Å². The minimum Gasteiger partial charge on any atom is -0.480 e. The molecule has 0 heterocycles. The zero-order valence-electron chi connectivity index (χ0n) is 21.8. The van der Waals surface area contributed by atoms with Crippen molar-refractivity contribution in [3.8, 4) is 0 Å².